The zero-order valence-corrected chi connectivity index (χ0v) is 15.5. The number of rotatable bonds is 6. The molecule has 2 heterocycles. The molecule has 0 radical (unpaired) electrons. The number of methoxy groups -OCH3 is 1. The topological polar surface area (TPSA) is 57.4 Å². The first-order valence-corrected chi connectivity index (χ1v) is 9.24. The Morgan fingerprint density at radius 3 is 3.04 bits per heavy atom. The van der Waals surface area contributed by atoms with Crippen LogP contribution in [0.3, 0.4) is 0 Å². The summed E-state index contributed by atoms with van der Waals surface area (Å²) in [6.45, 7) is 7.06. The molecule has 1 saturated heterocycles. The van der Waals surface area contributed by atoms with Crippen LogP contribution in [0.4, 0.5) is 0 Å². The third kappa shape index (κ3) is 4.15. The number of carbonyl (C=O) groups excluding carboxylic acids is 1. The van der Waals surface area contributed by atoms with Crippen LogP contribution in [0.2, 0.25) is 0 Å². The standard InChI is InChI=1S/C20H29N3O2/c1-14(2)23-10-4-5-16(13-23)20(24)21-9-8-15-12-22-19-7-6-17(25-3)11-18(15)19/h6-7,11-12,14,16,22H,4-5,8-10,13H2,1-3H3,(H,21,24). The van der Waals surface area contributed by atoms with Crippen molar-refractivity contribution in [1.29, 1.82) is 0 Å². The van der Waals surface area contributed by atoms with Gasteiger partial charge in [-0.25, -0.2) is 0 Å². The van der Waals surface area contributed by atoms with Crippen LogP contribution in [0.15, 0.2) is 24.4 Å². The Balaban J connectivity index is 1.55. The largest absolute Gasteiger partial charge is 0.497 e. The first-order valence-electron chi connectivity index (χ1n) is 9.24. The van der Waals surface area contributed by atoms with Gasteiger partial charge in [0.15, 0.2) is 0 Å². The molecule has 1 fully saturated rings. The van der Waals surface area contributed by atoms with Crippen molar-refractivity contribution in [2.45, 2.75) is 39.2 Å². The fourth-order valence-electron chi connectivity index (χ4n) is 3.65. The third-order valence-corrected chi connectivity index (χ3v) is 5.22. The lowest BCUT2D eigenvalue weighted by molar-refractivity contribution is -0.126. The minimum atomic E-state index is 0.124. The van der Waals surface area contributed by atoms with E-state index in [-0.39, 0.29) is 11.8 Å². The molecular formula is C20H29N3O2. The SMILES string of the molecule is COc1ccc2[nH]cc(CCNC(=O)C3CCCN(C(C)C)C3)c2c1. The second-order valence-electron chi connectivity index (χ2n) is 7.19. The van der Waals surface area contributed by atoms with Gasteiger partial charge in [-0.2, -0.15) is 0 Å². The van der Waals surface area contributed by atoms with Gasteiger partial charge < -0.3 is 19.9 Å². The number of nitrogens with zero attached hydrogens (tertiary/aromatic N) is 1. The molecule has 0 bridgehead atoms. The molecule has 136 valence electrons. The summed E-state index contributed by atoms with van der Waals surface area (Å²) in [7, 11) is 1.68. The Hall–Kier alpha value is -2.01. The minimum Gasteiger partial charge on any atom is -0.497 e. The Kier molecular flexibility index (Phi) is 5.63. The molecule has 1 aromatic heterocycles. The molecule has 1 amide bonds. The summed E-state index contributed by atoms with van der Waals surface area (Å²) in [6.07, 6.45) is 4.95. The molecule has 1 atom stereocenters. The van der Waals surface area contributed by atoms with Crippen molar-refractivity contribution < 1.29 is 9.53 Å². The van der Waals surface area contributed by atoms with Gasteiger partial charge in [-0.05, 0) is 63.4 Å². The summed E-state index contributed by atoms with van der Waals surface area (Å²) in [5.74, 6) is 1.18. The van der Waals surface area contributed by atoms with E-state index in [1.54, 1.807) is 7.11 Å². The van der Waals surface area contributed by atoms with Gasteiger partial charge in [0.1, 0.15) is 5.75 Å². The lowest BCUT2D eigenvalue weighted by Crippen LogP contribution is -2.45. The molecule has 3 rings (SSSR count). The number of carbonyl (C=O) groups is 1. The van der Waals surface area contributed by atoms with Crippen molar-refractivity contribution in [1.82, 2.24) is 15.2 Å². The van der Waals surface area contributed by atoms with Gasteiger partial charge in [-0.3, -0.25) is 4.79 Å². The summed E-state index contributed by atoms with van der Waals surface area (Å²) < 4.78 is 5.31. The number of hydrogen-bond donors (Lipinski definition) is 2. The Morgan fingerprint density at radius 2 is 2.28 bits per heavy atom. The van der Waals surface area contributed by atoms with Crippen molar-refractivity contribution in [2.75, 3.05) is 26.7 Å². The molecular weight excluding hydrogens is 314 g/mol. The number of likely N-dealkylation sites (tertiary alicyclic amines) is 1. The van der Waals surface area contributed by atoms with Gasteiger partial charge in [0.05, 0.1) is 13.0 Å². The van der Waals surface area contributed by atoms with Gasteiger partial charge in [-0.15, -0.1) is 0 Å². The van der Waals surface area contributed by atoms with E-state index in [9.17, 15) is 4.79 Å². The third-order valence-electron chi connectivity index (χ3n) is 5.22. The van der Waals surface area contributed by atoms with Gasteiger partial charge >= 0.3 is 0 Å². The highest BCUT2D eigenvalue weighted by Crippen LogP contribution is 2.24. The average Bonchev–Trinajstić information content (AvgIpc) is 3.04. The second kappa shape index (κ2) is 7.91. The molecule has 5 nitrogen and oxygen atoms in total. The molecule has 5 heteroatoms. The number of ether oxygens (including phenoxy) is 1. The van der Waals surface area contributed by atoms with Crippen molar-refractivity contribution in [3.8, 4) is 5.75 Å². The fraction of sp³-hybridized carbons (Fsp3) is 0.550. The van der Waals surface area contributed by atoms with Crippen LogP contribution in [-0.4, -0.2) is 48.6 Å². The van der Waals surface area contributed by atoms with Crippen molar-refractivity contribution >= 4 is 16.8 Å². The number of piperidine rings is 1. The summed E-state index contributed by atoms with van der Waals surface area (Å²) in [5.41, 5.74) is 2.31. The van der Waals surface area contributed by atoms with Crippen LogP contribution in [-0.2, 0) is 11.2 Å². The number of aromatic nitrogens is 1. The number of benzene rings is 1. The van der Waals surface area contributed by atoms with Gasteiger partial charge in [0.2, 0.25) is 5.91 Å². The quantitative estimate of drug-likeness (QED) is 0.848. The highest BCUT2D eigenvalue weighted by Gasteiger charge is 2.26. The van der Waals surface area contributed by atoms with Gasteiger partial charge in [0.25, 0.3) is 0 Å². The molecule has 25 heavy (non-hydrogen) atoms. The molecule has 1 unspecified atom stereocenters. The highest BCUT2D eigenvalue weighted by molar-refractivity contribution is 5.85. The van der Waals surface area contributed by atoms with E-state index in [4.69, 9.17) is 4.74 Å². The number of hydrogen-bond acceptors (Lipinski definition) is 3. The number of aromatic amines is 1. The van der Waals surface area contributed by atoms with E-state index >= 15 is 0 Å². The van der Waals surface area contributed by atoms with E-state index in [0.29, 0.717) is 12.6 Å². The van der Waals surface area contributed by atoms with E-state index in [2.05, 4.69) is 29.0 Å². The predicted octanol–water partition coefficient (Wildman–Crippen LogP) is 2.96. The number of H-pyrrole nitrogens is 1. The summed E-state index contributed by atoms with van der Waals surface area (Å²) in [5, 5.41) is 4.30. The average molecular weight is 343 g/mol. The van der Waals surface area contributed by atoms with E-state index in [0.717, 1.165) is 49.0 Å². The molecule has 1 aliphatic heterocycles. The van der Waals surface area contributed by atoms with Crippen molar-refractivity contribution in [2.24, 2.45) is 5.92 Å². The number of nitrogens with one attached hydrogen (secondary N) is 2. The Labute approximate surface area is 149 Å². The van der Waals surface area contributed by atoms with Crippen molar-refractivity contribution in [3.05, 3.63) is 30.0 Å². The number of fused-ring (bicyclic) bond motifs is 1. The molecule has 1 aliphatic rings. The molecule has 2 aromatic rings. The predicted molar refractivity (Wildman–Crippen MR) is 101 cm³/mol. The lowest BCUT2D eigenvalue weighted by atomic mass is 9.96. The van der Waals surface area contributed by atoms with E-state index < -0.39 is 0 Å². The maximum atomic E-state index is 12.5. The van der Waals surface area contributed by atoms with Gasteiger partial charge in [0, 0.05) is 36.2 Å². The molecule has 2 N–H and O–H groups in total. The molecule has 0 spiro atoms. The van der Waals surface area contributed by atoms with E-state index in [1.807, 2.05) is 24.4 Å². The van der Waals surface area contributed by atoms with E-state index in [1.165, 1.54) is 5.56 Å². The van der Waals surface area contributed by atoms with Crippen LogP contribution < -0.4 is 10.1 Å². The van der Waals surface area contributed by atoms with Gasteiger partial charge in [-0.1, -0.05) is 0 Å². The van der Waals surface area contributed by atoms with Crippen molar-refractivity contribution in [3.63, 3.8) is 0 Å². The maximum Gasteiger partial charge on any atom is 0.224 e. The lowest BCUT2D eigenvalue weighted by Gasteiger charge is -2.34. The van der Waals surface area contributed by atoms with Crippen LogP contribution in [0.1, 0.15) is 32.3 Å². The van der Waals surface area contributed by atoms with Crippen LogP contribution >= 0.6 is 0 Å². The zero-order valence-electron chi connectivity index (χ0n) is 15.5. The monoisotopic (exact) mass is 343 g/mol. The zero-order chi connectivity index (χ0) is 17.8. The minimum absolute atomic E-state index is 0.124. The smallest absolute Gasteiger partial charge is 0.224 e. The van der Waals surface area contributed by atoms with Crippen LogP contribution in [0, 0.1) is 5.92 Å². The Morgan fingerprint density at radius 1 is 1.44 bits per heavy atom. The molecule has 0 aliphatic carbocycles. The molecule has 0 saturated carbocycles. The van der Waals surface area contributed by atoms with Crippen LogP contribution in [0.25, 0.3) is 10.9 Å². The van der Waals surface area contributed by atoms with Crippen LogP contribution in [0.5, 0.6) is 5.75 Å². The maximum absolute atomic E-state index is 12.5. The first-order chi connectivity index (χ1) is 12.1. The highest BCUT2D eigenvalue weighted by atomic mass is 16.5. The number of amides is 1. The fourth-order valence-corrected chi connectivity index (χ4v) is 3.65. The normalized spacial score (nSPS) is 18.6. The summed E-state index contributed by atoms with van der Waals surface area (Å²) in [6, 6.07) is 6.54. The molecule has 1 aromatic carbocycles. The summed E-state index contributed by atoms with van der Waals surface area (Å²) in [4.78, 5) is 18.2. The second-order valence-corrected chi connectivity index (χ2v) is 7.19. The first kappa shape index (κ1) is 17.8. The summed E-state index contributed by atoms with van der Waals surface area (Å²) >= 11 is 0. The Bertz CT molecular complexity index is 723.